The Balaban J connectivity index is 1.52. The number of carbonyl (C=O) groups excluding carboxylic acids is 2. The average Bonchev–Trinajstić information content (AvgIpc) is 3.27. The van der Waals surface area contributed by atoms with E-state index in [4.69, 9.17) is 0 Å². The number of amides is 2. The van der Waals surface area contributed by atoms with E-state index in [0.29, 0.717) is 13.0 Å². The van der Waals surface area contributed by atoms with Crippen LogP contribution in [0.3, 0.4) is 0 Å². The number of fused-ring (bicyclic) bond motifs is 1. The van der Waals surface area contributed by atoms with Crippen molar-refractivity contribution in [2.75, 3.05) is 6.54 Å². The highest BCUT2D eigenvalue weighted by Gasteiger charge is 2.48. The van der Waals surface area contributed by atoms with Gasteiger partial charge in [0.1, 0.15) is 0 Å². The topological polar surface area (TPSA) is 53.5 Å². The van der Waals surface area contributed by atoms with Crippen molar-refractivity contribution in [3.05, 3.63) is 52.5 Å². The number of nitrogens with zero attached hydrogens (tertiary/aromatic N) is 3. The van der Waals surface area contributed by atoms with Crippen LogP contribution in [0.25, 0.3) is 0 Å². The van der Waals surface area contributed by atoms with Crippen LogP contribution in [0, 0.1) is 0 Å². The minimum Gasteiger partial charge on any atom is -0.333 e. The SMILES string of the molecule is O=C1CC2C(CCN2C(=O)c2ccsc2)N1Cc1cccnc1. The molecule has 2 aromatic rings. The van der Waals surface area contributed by atoms with Gasteiger partial charge in [-0.2, -0.15) is 11.3 Å². The van der Waals surface area contributed by atoms with Crippen LogP contribution in [0.1, 0.15) is 28.8 Å². The Labute approximate surface area is 138 Å². The van der Waals surface area contributed by atoms with E-state index in [0.717, 1.165) is 24.1 Å². The molecule has 0 aliphatic carbocycles. The molecule has 2 aromatic heterocycles. The molecule has 118 valence electrons. The molecule has 4 heterocycles. The van der Waals surface area contributed by atoms with Crippen LogP contribution in [-0.2, 0) is 11.3 Å². The molecule has 2 saturated heterocycles. The van der Waals surface area contributed by atoms with Crippen LogP contribution in [0.2, 0.25) is 0 Å². The summed E-state index contributed by atoms with van der Waals surface area (Å²) in [5.74, 6) is 0.182. The minimum absolute atomic E-state index is 0.00608. The number of hydrogen-bond acceptors (Lipinski definition) is 4. The molecule has 2 atom stereocenters. The van der Waals surface area contributed by atoms with E-state index < -0.39 is 0 Å². The van der Waals surface area contributed by atoms with Crippen LogP contribution in [0.15, 0.2) is 41.4 Å². The lowest BCUT2D eigenvalue weighted by Crippen LogP contribution is -2.39. The van der Waals surface area contributed by atoms with Gasteiger partial charge in [0.25, 0.3) is 5.91 Å². The van der Waals surface area contributed by atoms with E-state index in [1.165, 1.54) is 11.3 Å². The number of hydrogen-bond donors (Lipinski definition) is 0. The van der Waals surface area contributed by atoms with Crippen molar-refractivity contribution in [1.82, 2.24) is 14.8 Å². The van der Waals surface area contributed by atoms with Crippen molar-refractivity contribution in [1.29, 1.82) is 0 Å². The summed E-state index contributed by atoms with van der Waals surface area (Å²) in [4.78, 5) is 32.9. The highest BCUT2D eigenvalue weighted by Crippen LogP contribution is 2.34. The number of likely N-dealkylation sites (tertiary alicyclic amines) is 2. The van der Waals surface area contributed by atoms with Gasteiger partial charge in [0.15, 0.2) is 0 Å². The molecule has 4 rings (SSSR count). The van der Waals surface area contributed by atoms with Crippen LogP contribution in [0.4, 0.5) is 0 Å². The zero-order chi connectivity index (χ0) is 15.8. The average molecular weight is 327 g/mol. The largest absolute Gasteiger partial charge is 0.333 e. The van der Waals surface area contributed by atoms with Crippen LogP contribution < -0.4 is 0 Å². The van der Waals surface area contributed by atoms with E-state index in [-0.39, 0.29) is 23.9 Å². The Kier molecular flexibility index (Phi) is 3.61. The van der Waals surface area contributed by atoms with Crippen molar-refractivity contribution in [2.45, 2.75) is 31.5 Å². The molecule has 23 heavy (non-hydrogen) atoms. The summed E-state index contributed by atoms with van der Waals surface area (Å²) in [5.41, 5.74) is 1.76. The summed E-state index contributed by atoms with van der Waals surface area (Å²) >= 11 is 1.52. The normalized spacial score (nSPS) is 23.4. The van der Waals surface area contributed by atoms with Crippen molar-refractivity contribution in [3.8, 4) is 0 Å². The lowest BCUT2D eigenvalue weighted by atomic mass is 10.1. The number of aromatic nitrogens is 1. The maximum absolute atomic E-state index is 12.6. The summed E-state index contributed by atoms with van der Waals surface area (Å²) in [5, 5.41) is 3.79. The molecule has 2 aliphatic rings. The van der Waals surface area contributed by atoms with Gasteiger partial charge in [0.2, 0.25) is 5.91 Å². The zero-order valence-corrected chi connectivity index (χ0v) is 13.4. The number of thiophene rings is 1. The Hall–Kier alpha value is -2.21. The van der Waals surface area contributed by atoms with Gasteiger partial charge in [0.05, 0.1) is 17.6 Å². The molecule has 0 spiro atoms. The Morgan fingerprint density at radius 1 is 1.35 bits per heavy atom. The third-order valence-electron chi connectivity index (χ3n) is 4.72. The van der Waals surface area contributed by atoms with E-state index in [9.17, 15) is 9.59 Å². The second-order valence-corrected chi connectivity index (χ2v) is 6.80. The van der Waals surface area contributed by atoms with Gasteiger partial charge in [-0.25, -0.2) is 0 Å². The van der Waals surface area contributed by atoms with Crippen LogP contribution in [0.5, 0.6) is 0 Å². The van der Waals surface area contributed by atoms with E-state index in [1.54, 1.807) is 12.4 Å². The fourth-order valence-corrected chi connectivity index (χ4v) is 4.26. The lowest BCUT2D eigenvalue weighted by Gasteiger charge is -2.25. The van der Waals surface area contributed by atoms with Crippen molar-refractivity contribution >= 4 is 23.2 Å². The standard InChI is InChI=1S/C17H17N3O2S/c21-16-8-15-14(20(16)10-12-2-1-5-18-9-12)3-6-19(15)17(22)13-4-7-23-11-13/h1-2,4-5,7,9,11,14-15H,3,6,8,10H2. The quantitative estimate of drug-likeness (QED) is 0.868. The van der Waals surface area contributed by atoms with Gasteiger partial charge in [0, 0.05) is 37.3 Å². The first-order valence-corrected chi connectivity index (χ1v) is 8.70. The highest BCUT2D eigenvalue weighted by atomic mass is 32.1. The second-order valence-electron chi connectivity index (χ2n) is 6.02. The Bertz CT molecular complexity index is 717. The zero-order valence-electron chi connectivity index (χ0n) is 12.6. The predicted molar refractivity (Wildman–Crippen MR) is 87.0 cm³/mol. The predicted octanol–water partition coefficient (Wildman–Crippen LogP) is 2.16. The molecule has 2 unspecified atom stereocenters. The van der Waals surface area contributed by atoms with Crippen molar-refractivity contribution in [3.63, 3.8) is 0 Å². The molecule has 0 bridgehead atoms. The Morgan fingerprint density at radius 3 is 3.00 bits per heavy atom. The minimum atomic E-state index is 0.00608. The van der Waals surface area contributed by atoms with Gasteiger partial charge < -0.3 is 9.80 Å². The van der Waals surface area contributed by atoms with Gasteiger partial charge >= 0.3 is 0 Å². The smallest absolute Gasteiger partial charge is 0.255 e. The van der Waals surface area contributed by atoms with E-state index in [2.05, 4.69) is 4.98 Å². The third-order valence-corrected chi connectivity index (χ3v) is 5.40. The molecule has 2 amide bonds. The van der Waals surface area contributed by atoms with Gasteiger partial charge in [-0.1, -0.05) is 6.07 Å². The monoisotopic (exact) mass is 327 g/mol. The lowest BCUT2D eigenvalue weighted by molar-refractivity contribution is -0.129. The molecule has 0 saturated carbocycles. The first-order valence-electron chi connectivity index (χ1n) is 7.75. The molecule has 0 N–H and O–H groups in total. The van der Waals surface area contributed by atoms with E-state index in [1.807, 2.05) is 38.8 Å². The molecule has 0 radical (unpaired) electrons. The molecule has 2 fully saturated rings. The number of pyridine rings is 1. The maximum Gasteiger partial charge on any atom is 0.255 e. The Morgan fingerprint density at radius 2 is 2.26 bits per heavy atom. The third kappa shape index (κ3) is 2.53. The summed E-state index contributed by atoms with van der Waals surface area (Å²) in [7, 11) is 0. The van der Waals surface area contributed by atoms with Crippen molar-refractivity contribution < 1.29 is 9.59 Å². The van der Waals surface area contributed by atoms with Crippen LogP contribution >= 0.6 is 11.3 Å². The molecular formula is C17H17N3O2S. The first-order chi connectivity index (χ1) is 11.2. The van der Waals surface area contributed by atoms with Gasteiger partial charge in [-0.3, -0.25) is 14.6 Å². The molecule has 5 nitrogen and oxygen atoms in total. The summed E-state index contributed by atoms with van der Waals surface area (Å²) in [6, 6.07) is 5.85. The first kappa shape index (κ1) is 14.4. The maximum atomic E-state index is 12.6. The van der Waals surface area contributed by atoms with Crippen LogP contribution in [-0.4, -0.2) is 45.2 Å². The fourth-order valence-electron chi connectivity index (χ4n) is 3.63. The molecule has 0 aromatic carbocycles. The van der Waals surface area contributed by atoms with Gasteiger partial charge in [-0.15, -0.1) is 0 Å². The van der Waals surface area contributed by atoms with E-state index >= 15 is 0 Å². The summed E-state index contributed by atoms with van der Waals surface area (Å²) < 4.78 is 0. The molecular weight excluding hydrogens is 310 g/mol. The fraction of sp³-hybridized carbons (Fsp3) is 0.353. The summed E-state index contributed by atoms with van der Waals surface area (Å²) in [6.45, 7) is 1.30. The molecule has 6 heteroatoms. The number of carbonyl (C=O) groups is 2. The second kappa shape index (κ2) is 5.77. The van der Waals surface area contributed by atoms with Crippen molar-refractivity contribution in [2.24, 2.45) is 0 Å². The highest BCUT2D eigenvalue weighted by molar-refractivity contribution is 7.08. The molecule has 2 aliphatic heterocycles. The van der Waals surface area contributed by atoms with Gasteiger partial charge in [-0.05, 0) is 29.5 Å². The summed E-state index contributed by atoms with van der Waals surface area (Å²) in [6.07, 6.45) is 4.81. The number of rotatable bonds is 3.